The average molecular weight is 398 g/mol. The van der Waals surface area contributed by atoms with Crippen molar-refractivity contribution in [3.05, 3.63) is 54.1 Å². The van der Waals surface area contributed by atoms with Gasteiger partial charge in [-0.15, -0.1) is 0 Å². The lowest BCUT2D eigenvalue weighted by molar-refractivity contribution is -0.132. The van der Waals surface area contributed by atoms with Crippen LogP contribution in [0.3, 0.4) is 0 Å². The Labute approximate surface area is 173 Å². The molecule has 0 saturated carbocycles. The van der Waals surface area contributed by atoms with Crippen molar-refractivity contribution >= 4 is 11.6 Å². The van der Waals surface area contributed by atoms with Crippen LogP contribution >= 0.6 is 0 Å². The third kappa shape index (κ3) is 5.87. The van der Waals surface area contributed by atoms with Crippen molar-refractivity contribution in [1.82, 2.24) is 9.80 Å². The summed E-state index contributed by atoms with van der Waals surface area (Å²) in [6, 6.07) is 16.2. The number of piperazine rings is 1. The molecule has 29 heavy (non-hydrogen) atoms. The molecule has 0 bridgehead atoms. The Morgan fingerprint density at radius 3 is 2.17 bits per heavy atom. The van der Waals surface area contributed by atoms with Crippen LogP contribution in [0, 0.1) is 0 Å². The number of hydrogen-bond acceptors (Lipinski definition) is 5. The molecule has 1 heterocycles. The van der Waals surface area contributed by atoms with E-state index in [0.717, 1.165) is 44.2 Å². The number of rotatable bonds is 8. The zero-order valence-corrected chi connectivity index (χ0v) is 17.6. The molecule has 0 N–H and O–H groups in total. The van der Waals surface area contributed by atoms with E-state index in [4.69, 9.17) is 9.47 Å². The second-order valence-electron chi connectivity index (χ2n) is 7.32. The van der Waals surface area contributed by atoms with E-state index in [2.05, 4.69) is 34.1 Å². The molecule has 2 aromatic carbocycles. The summed E-state index contributed by atoms with van der Waals surface area (Å²) in [4.78, 5) is 19.0. The molecule has 0 aromatic heterocycles. The van der Waals surface area contributed by atoms with Gasteiger partial charge in [-0.3, -0.25) is 9.69 Å². The first kappa shape index (κ1) is 21.0. The molecule has 0 spiro atoms. The van der Waals surface area contributed by atoms with Crippen LogP contribution < -0.4 is 14.4 Å². The molecule has 6 heteroatoms. The van der Waals surface area contributed by atoms with E-state index in [9.17, 15) is 4.79 Å². The lowest BCUT2D eigenvalue weighted by Gasteiger charge is -2.36. The van der Waals surface area contributed by atoms with Gasteiger partial charge in [-0.25, -0.2) is 0 Å². The summed E-state index contributed by atoms with van der Waals surface area (Å²) in [5.74, 6) is 1.93. The highest BCUT2D eigenvalue weighted by Crippen LogP contribution is 2.20. The van der Waals surface area contributed by atoms with E-state index in [1.54, 1.807) is 7.11 Å². The van der Waals surface area contributed by atoms with Crippen LogP contribution in [0.5, 0.6) is 11.5 Å². The predicted octanol–water partition coefficient (Wildman–Crippen LogP) is 2.87. The standard InChI is InChI=1S/C23H31N3O3/c1-4-29-22-9-5-19(6-10-22)17-24(2)18-23(27)26-15-13-25(14-16-26)20-7-11-21(28-3)12-8-20/h5-12H,4,13-18H2,1-3H3. The fraction of sp³-hybridized carbons (Fsp3) is 0.435. The minimum Gasteiger partial charge on any atom is -0.497 e. The average Bonchev–Trinajstić information content (AvgIpc) is 2.75. The molecule has 0 aliphatic carbocycles. The molecule has 156 valence electrons. The molecule has 1 amide bonds. The summed E-state index contributed by atoms with van der Waals surface area (Å²) < 4.78 is 10.7. The van der Waals surface area contributed by atoms with Crippen LogP contribution in [0.1, 0.15) is 12.5 Å². The van der Waals surface area contributed by atoms with Crippen LogP contribution in [0.15, 0.2) is 48.5 Å². The van der Waals surface area contributed by atoms with E-state index in [1.165, 1.54) is 11.3 Å². The summed E-state index contributed by atoms with van der Waals surface area (Å²) in [6.07, 6.45) is 0. The number of anilines is 1. The van der Waals surface area contributed by atoms with Crippen LogP contribution in [0.4, 0.5) is 5.69 Å². The van der Waals surface area contributed by atoms with Crippen molar-refractivity contribution in [3.63, 3.8) is 0 Å². The number of nitrogens with zero attached hydrogens (tertiary/aromatic N) is 3. The summed E-state index contributed by atoms with van der Waals surface area (Å²) in [6.45, 7) is 7.01. The number of carbonyl (C=O) groups is 1. The highest BCUT2D eigenvalue weighted by atomic mass is 16.5. The molecule has 0 unspecified atom stereocenters. The van der Waals surface area contributed by atoms with Crippen molar-refractivity contribution in [1.29, 1.82) is 0 Å². The monoisotopic (exact) mass is 397 g/mol. The van der Waals surface area contributed by atoms with Crippen molar-refractivity contribution in [2.24, 2.45) is 0 Å². The first-order valence-electron chi connectivity index (χ1n) is 10.2. The molecule has 3 rings (SSSR count). The maximum absolute atomic E-state index is 12.7. The first-order valence-corrected chi connectivity index (χ1v) is 10.2. The van der Waals surface area contributed by atoms with Gasteiger partial charge in [0.05, 0.1) is 20.3 Å². The largest absolute Gasteiger partial charge is 0.497 e. The molecular formula is C23H31N3O3. The van der Waals surface area contributed by atoms with Crippen molar-refractivity contribution in [3.8, 4) is 11.5 Å². The molecule has 0 radical (unpaired) electrons. The number of benzene rings is 2. The SMILES string of the molecule is CCOc1ccc(CN(C)CC(=O)N2CCN(c3ccc(OC)cc3)CC2)cc1. The molecule has 0 atom stereocenters. The summed E-state index contributed by atoms with van der Waals surface area (Å²) in [5, 5.41) is 0. The van der Waals surface area contributed by atoms with Gasteiger partial charge in [0.25, 0.3) is 0 Å². The van der Waals surface area contributed by atoms with E-state index in [-0.39, 0.29) is 5.91 Å². The second-order valence-corrected chi connectivity index (χ2v) is 7.32. The lowest BCUT2D eigenvalue weighted by Crippen LogP contribution is -2.51. The number of methoxy groups -OCH3 is 1. The summed E-state index contributed by atoms with van der Waals surface area (Å²) in [7, 11) is 3.66. The van der Waals surface area contributed by atoms with Crippen molar-refractivity contribution in [2.75, 3.05) is 58.4 Å². The summed E-state index contributed by atoms with van der Waals surface area (Å²) in [5.41, 5.74) is 2.35. The zero-order valence-electron chi connectivity index (χ0n) is 17.6. The molecule has 1 aliphatic rings. The van der Waals surface area contributed by atoms with Crippen LogP contribution in [-0.2, 0) is 11.3 Å². The predicted molar refractivity (Wildman–Crippen MR) is 116 cm³/mol. The second kappa shape index (κ2) is 10.2. The van der Waals surface area contributed by atoms with E-state index < -0.39 is 0 Å². The third-order valence-electron chi connectivity index (χ3n) is 5.16. The van der Waals surface area contributed by atoms with Gasteiger partial charge in [0.2, 0.25) is 5.91 Å². The quantitative estimate of drug-likeness (QED) is 0.685. The van der Waals surface area contributed by atoms with Gasteiger partial charge in [-0.1, -0.05) is 12.1 Å². The fourth-order valence-electron chi connectivity index (χ4n) is 3.56. The van der Waals surface area contributed by atoms with E-state index in [1.807, 2.05) is 43.1 Å². The lowest BCUT2D eigenvalue weighted by atomic mass is 10.2. The molecule has 2 aromatic rings. The highest BCUT2D eigenvalue weighted by molar-refractivity contribution is 5.78. The Kier molecular flexibility index (Phi) is 7.36. The molecule has 1 fully saturated rings. The van der Waals surface area contributed by atoms with Crippen LogP contribution in [0.2, 0.25) is 0 Å². The Bertz CT molecular complexity index is 769. The third-order valence-corrected chi connectivity index (χ3v) is 5.16. The molecular weight excluding hydrogens is 366 g/mol. The summed E-state index contributed by atoms with van der Waals surface area (Å²) >= 11 is 0. The van der Waals surface area contributed by atoms with E-state index >= 15 is 0 Å². The van der Waals surface area contributed by atoms with Crippen molar-refractivity contribution < 1.29 is 14.3 Å². The topological polar surface area (TPSA) is 45.2 Å². The Morgan fingerprint density at radius 2 is 1.59 bits per heavy atom. The van der Waals surface area contributed by atoms with Crippen molar-refractivity contribution in [2.45, 2.75) is 13.5 Å². The van der Waals surface area contributed by atoms with Gasteiger partial charge in [0.1, 0.15) is 11.5 Å². The van der Waals surface area contributed by atoms with Gasteiger partial charge >= 0.3 is 0 Å². The maximum Gasteiger partial charge on any atom is 0.236 e. The van der Waals surface area contributed by atoms with Crippen LogP contribution in [0.25, 0.3) is 0 Å². The number of ether oxygens (including phenoxy) is 2. The number of likely N-dealkylation sites (N-methyl/N-ethyl adjacent to an activating group) is 1. The number of hydrogen-bond donors (Lipinski definition) is 0. The highest BCUT2D eigenvalue weighted by Gasteiger charge is 2.22. The van der Waals surface area contributed by atoms with E-state index in [0.29, 0.717) is 13.2 Å². The Morgan fingerprint density at radius 1 is 0.966 bits per heavy atom. The molecule has 6 nitrogen and oxygen atoms in total. The molecule has 1 saturated heterocycles. The zero-order chi connectivity index (χ0) is 20.6. The fourth-order valence-corrected chi connectivity index (χ4v) is 3.56. The van der Waals surface area contributed by atoms with Gasteiger partial charge in [0.15, 0.2) is 0 Å². The maximum atomic E-state index is 12.7. The van der Waals surface area contributed by atoms with Gasteiger partial charge in [-0.2, -0.15) is 0 Å². The Balaban J connectivity index is 1.44. The Hall–Kier alpha value is -2.73. The number of carbonyl (C=O) groups excluding carboxylic acids is 1. The normalized spacial score (nSPS) is 14.2. The minimum absolute atomic E-state index is 0.188. The number of amides is 1. The smallest absolute Gasteiger partial charge is 0.236 e. The van der Waals surface area contributed by atoms with Gasteiger partial charge < -0.3 is 19.3 Å². The molecule has 1 aliphatic heterocycles. The first-order chi connectivity index (χ1) is 14.1. The van der Waals surface area contributed by atoms with Gasteiger partial charge in [0, 0.05) is 38.4 Å². The van der Waals surface area contributed by atoms with Crippen LogP contribution in [-0.4, -0.2) is 69.2 Å². The van der Waals surface area contributed by atoms with Gasteiger partial charge in [-0.05, 0) is 55.9 Å². The minimum atomic E-state index is 0.188.